The number of benzene rings is 2. The summed E-state index contributed by atoms with van der Waals surface area (Å²) < 4.78 is 22.6. The molecule has 0 bridgehead atoms. The van der Waals surface area contributed by atoms with Crippen molar-refractivity contribution < 1.29 is 18.6 Å². The number of hydrogen-bond donors (Lipinski definition) is 0. The Labute approximate surface area is 177 Å². The van der Waals surface area contributed by atoms with Crippen molar-refractivity contribution in [3.05, 3.63) is 52.8 Å². The number of nitrogens with zero attached hydrogens (tertiary/aromatic N) is 3. The van der Waals surface area contributed by atoms with Gasteiger partial charge in [-0.25, -0.2) is 4.99 Å². The van der Waals surface area contributed by atoms with Crippen molar-refractivity contribution in [3.63, 3.8) is 0 Å². The number of hydrogen-bond acceptors (Lipinski definition) is 8. The smallest absolute Gasteiger partial charge is 0.232 e. The summed E-state index contributed by atoms with van der Waals surface area (Å²) in [6.07, 6.45) is 0. The minimum atomic E-state index is 0.578. The van der Waals surface area contributed by atoms with E-state index in [4.69, 9.17) is 23.6 Å². The van der Waals surface area contributed by atoms with E-state index in [0.29, 0.717) is 34.6 Å². The maximum atomic E-state index is 6.19. The fraction of sp³-hybridized carbons (Fsp3) is 0.227. The van der Waals surface area contributed by atoms with E-state index in [1.165, 1.54) is 11.3 Å². The molecule has 0 spiro atoms. The molecule has 4 rings (SSSR count). The van der Waals surface area contributed by atoms with Crippen LogP contribution in [0.1, 0.15) is 11.9 Å². The van der Waals surface area contributed by atoms with Gasteiger partial charge in [0, 0.05) is 17.0 Å². The molecule has 0 amide bonds. The van der Waals surface area contributed by atoms with E-state index < -0.39 is 0 Å². The van der Waals surface area contributed by atoms with E-state index >= 15 is 0 Å². The van der Waals surface area contributed by atoms with Gasteiger partial charge in [0.25, 0.3) is 0 Å². The standard InChI is InChI=1S/C22H21N3O4S/c1-5-28-15-7-9-18-16(11-15)17(23-22-25-24-13(2)30-22)12-20(29-18)14-6-8-19(26-3)21(10-14)27-4/h6-12H,5H2,1-4H3/b23-17+. The van der Waals surface area contributed by atoms with Gasteiger partial charge in [0.2, 0.25) is 5.13 Å². The Balaban J connectivity index is 1.94. The fourth-order valence-corrected chi connectivity index (χ4v) is 3.63. The van der Waals surface area contributed by atoms with Gasteiger partial charge in [-0.05, 0) is 50.2 Å². The van der Waals surface area contributed by atoms with Gasteiger partial charge in [0.15, 0.2) is 11.5 Å². The Morgan fingerprint density at radius 1 is 1.00 bits per heavy atom. The molecular weight excluding hydrogens is 402 g/mol. The number of aromatic nitrogens is 2. The summed E-state index contributed by atoms with van der Waals surface area (Å²) in [5, 5.41) is 11.2. The van der Waals surface area contributed by atoms with Crippen LogP contribution in [0.3, 0.4) is 0 Å². The van der Waals surface area contributed by atoms with Crippen molar-refractivity contribution in [3.8, 4) is 28.6 Å². The van der Waals surface area contributed by atoms with Crippen LogP contribution >= 0.6 is 11.3 Å². The molecule has 0 atom stereocenters. The molecule has 2 aromatic heterocycles. The van der Waals surface area contributed by atoms with E-state index in [9.17, 15) is 0 Å². The maximum Gasteiger partial charge on any atom is 0.232 e. The van der Waals surface area contributed by atoms with Crippen molar-refractivity contribution in [1.82, 2.24) is 10.2 Å². The first kappa shape index (κ1) is 19.9. The molecule has 30 heavy (non-hydrogen) atoms. The Hall–Kier alpha value is -3.39. The lowest BCUT2D eigenvalue weighted by Crippen LogP contribution is -2.04. The highest BCUT2D eigenvalue weighted by Gasteiger charge is 2.11. The predicted octanol–water partition coefficient (Wildman–Crippen LogP) is 4.91. The number of fused-ring (bicyclic) bond motifs is 1. The van der Waals surface area contributed by atoms with Gasteiger partial charge in [-0.1, -0.05) is 11.3 Å². The van der Waals surface area contributed by atoms with Crippen LogP contribution in [0.2, 0.25) is 0 Å². The second-order valence-corrected chi connectivity index (χ2v) is 7.53. The van der Waals surface area contributed by atoms with Gasteiger partial charge in [-0.15, -0.1) is 10.2 Å². The molecule has 0 saturated carbocycles. The summed E-state index contributed by atoms with van der Waals surface area (Å²) in [4.78, 5) is 4.73. The molecule has 0 radical (unpaired) electrons. The zero-order valence-electron chi connectivity index (χ0n) is 17.1. The van der Waals surface area contributed by atoms with Crippen LogP contribution in [0.5, 0.6) is 17.2 Å². The van der Waals surface area contributed by atoms with E-state index in [1.807, 2.05) is 56.3 Å². The number of ether oxygens (including phenoxy) is 3. The van der Waals surface area contributed by atoms with Crippen molar-refractivity contribution in [2.75, 3.05) is 20.8 Å². The molecule has 2 aromatic carbocycles. The topological polar surface area (TPSA) is 79.0 Å². The van der Waals surface area contributed by atoms with Gasteiger partial charge in [0.1, 0.15) is 22.1 Å². The highest BCUT2D eigenvalue weighted by atomic mass is 32.1. The largest absolute Gasteiger partial charge is 0.494 e. The lowest BCUT2D eigenvalue weighted by atomic mass is 10.1. The summed E-state index contributed by atoms with van der Waals surface area (Å²) in [6.45, 7) is 4.43. The first-order chi connectivity index (χ1) is 14.6. The number of aryl methyl sites for hydroxylation is 1. The van der Waals surface area contributed by atoms with Gasteiger partial charge in [0.05, 0.1) is 26.2 Å². The molecule has 7 nitrogen and oxygen atoms in total. The Bertz CT molecular complexity index is 1260. The first-order valence-electron chi connectivity index (χ1n) is 9.39. The molecule has 0 aliphatic heterocycles. The van der Waals surface area contributed by atoms with Crippen LogP contribution < -0.4 is 19.6 Å². The van der Waals surface area contributed by atoms with Crippen LogP contribution in [-0.4, -0.2) is 31.0 Å². The van der Waals surface area contributed by atoms with E-state index in [0.717, 1.165) is 27.1 Å². The minimum Gasteiger partial charge on any atom is -0.494 e. The summed E-state index contributed by atoms with van der Waals surface area (Å²) in [7, 11) is 3.21. The zero-order valence-corrected chi connectivity index (χ0v) is 17.9. The third kappa shape index (κ3) is 3.99. The van der Waals surface area contributed by atoms with Gasteiger partial charge < -0.3 is 18.6 Å². The average Bonchev–Trinajstić information content (AvgIpc) is 3.18. The van der Waals surface area contributed by atoms with Crippen LogP contribution in [0.15, 0.2) is 51.9 Å². The molecule has 2 heterocycles. The summed E-state index contributed by atoms with van der Waals surface area (Å²) in [6, 6.07) is 13.2. The van der Waals surface area contributed by atoms with Crippen LogP contribution in [0, 0.1) is 6.92 Å². The highest BCUT2D eigenvalue weighted by molar-refractivity contribution is 7.14. The second kappa shape index (κ2) is 8.54. The molecule has 4 aromatic rings. The van der Waals surface area contributed by atoms with Gasteiger partial charge in [-0.3, -0.25) is 0 Å². The normalized spacial score (nSPS) is 11.7. The molecule has 154 valence electrons. The Kier molecular flexibility index (Phi) is 5.67. The summed E-state index contributed by atoms with van der Waals surface area (Å²) in [5.41, 5.74) is 1.53. The average molecular weight is 423 g/mol. The van der Waals surface area contributed by atoms with Crippen LogP contribution in [-0.2, 0) is 0 Å². The molecule has 0 fully saturated rings. The third-order valence-corrected chi connectivity index (χ3v) is 5.16. The zero-order chi connectivity index (χ0) is 21.1. The van der Waals surface area contributed by atoms with Crippen LogP contribution in [0.4, 0.5) is 5.13 Å². The summed E-state index contributed by atoms with van der Waals surface area (Å²) >= 11 is 1.43. The molecule has 0 saturated heterocycles. The van der Waals surface area contributed by atoms with Crippen molar-refractivity contribution >= 4 is 27.4 Å². The fourth-order valence-electron chi connectivity index (χ4n) is 3.06. The summed E-state index contributed by atoms with van der Waals surface area (Å²) in [5.74, 6) is 2.67. The van der Waals surface area contributed by atoms with Crippen molar-refractivity contribution in [2.24, 2.45) is 4.99 Å². The molecule has 8 heteroatoms. The predicted molar refractivity (Wildman–Crippen MR) is 116 cm³/mol. The monoisotopic (exact) mass is 423 g/mol. The Morgan fingerprint density at radius 2 is 1.83 bits per heavy atom. The minimum absolute atomic E-state index is 0.578. The van der Waals surface area contributed by atoms with E-state index in [-0.39, 0.29) is 0 Å². The first-order valence-corrected chi connectivity index (χ1v) is 10.2. The van der Waals surface area contributed by atoms with Gasteiger partial charge >= 0.3 is 0 Å². The third-order valence-electron chi connectivity index (χ3n) is 4.43. The SMILES string of the molecule is CCOc1ccc2oc(-c3ccc(OC)c(OC)c3)c/c(=N\c3nnc(C)s3)c2c1. The van der Waals surface area contributed by atoms with Crippen LogP contribution in [0.25, 0.3) is 22.3 Å². The molecular formula is C22H21N3O4S. The quantitative estimate of drug-likeness (QED) is 0.439. The van der Waals surface area contributed by atoms with E-state index in [1.54, 1.807) is 14.2 Å². The number of methoxy groups -OCH3 is 2. The van der Waals surface area contributed by atoms with Gasteiger partial charge in [-0.2, -0.15) is 0 Å². The molecule has 0 aliphatic carbocycles. The lowest BCUT2D eigenvalue weighted by Gasteiger charge is -2.10. The Morgan fingerprint density at radius 3 is 2.53 bits per heavy atom. The molecule has 0 aliphatic rings. The highest BCUT2D eigenvalue weighted by Crippen LogP contribution is 2.33. The van der Waals surface area contributed by atoms with E-state index in [2.05, 4.69) is 10.2 Å². The molecule has 0 unspecified atom stereocenters. The number of rotatable bonds is 6. The maximum absolute atomic E-state index is 6.19. The van der Waals surface area contributed by atoms with Crippen molar-refractivity contribution in [2.45, 2.75) is 13.8 Å². The lowest BCUT2D eigenvalue weighted by molar-refractivity contribution is 0.340. The van der Waals surface area contributed by atoms with Crippen molar-refractivity contribution in [1.29, 1.82) is 0 Å². The molecule has 0 N–H and O–H groups in total. The second-order valence-electron chi connectivity index (χ2n) is 6.37.